The molecule has 0 aromatic rings. The Labute approximate surface area is 107 Å². The number of rotatable bonds is 8. The molecule has 0 radical (unpaired) electrons. The molecule has 0 aromatic heterocycles. The first-order chi connectivity index (χ1) is 8.04. The molecule has 2 nitrogen and oxygen atoms in total. The van der Waals surface area contributed by atoms with Crippen LogP contribution in [0.2, 0.25) is 0 Å². The third kappa shape index (κ3) is 3.69. The van der Waals surface area contributed by atoms with Gasteiger partial charge >= 0.3 is 0 Å². The first kappa shape index (κ1) is 13.4. The topological polar surface area (TPSA) is 15.3 Å². The summed E-state index contributed by atoms with van der Waals surface area (Å²) in [7, 11) is 2.26. The van der Waals surface area contributed by atoms with Crippen LogP contribution in [-0.4, -0.2) is 36.6 Å². The van der Waals surface area contributed by atoms with Crippen LogP contribution in [0.4, 0.5) is 0 Å². The van der Waals surface area contributed by atoms with Gasteiger partial charge in [0.25, 0.3) is 0 Å². The van der Waals surface area contributed by atoms with E-state index in [9.17, 15) is 0 Å². The van der Waals surface area contributed by atoms with E-state index in [0.29, 0.717) is 5.54 Å². The average molecular weight is 238 g/mol. The molecule has 2 fully saturated rings. The standard InChI is InChI=1S/C15H30N2/c1-5-15(2,3)17(4)11-10-16-14(12-6-7-12)13-8-9-13/h12-14,16H,5-11H2,1-4H3. The molecule has 2 aliphatic rings. The van der Waals surface area contributed by atoms with Gasteiger partial charge in [0.1, 0.15) is 0 Å². The zero-order valence-electron chi connectivity index (χ0n) is 12.1. The molecule has 0 heterocycles. The van der Waals surface area contributed by atoms with Crippen LogP contribution in [0.3, 0.4) is 0 Å². The molecule has 2 rings (SSSR count). The maximum absolute atomic E-state index is 3.83. The van der Waals surface area contributed by atoms with Crippen LogP contribution in [0.1, 0.15) is 52.9 Å². The lowest BCUT2D eigenvalue weighted by Gasteiger charge is -2.35. The van der Waals surface area contributed by atoms with Gasteiger partial charge in [0, 0.05) is 24.7 Å². The second-order valence-electron chi connectivity index (χ2n) is 6.74. The maximum atomic E-state index is 3.83. The molecule has 2 aliphatic carbocycles. The zero-order valence-corrected chi connectivity index (χ0v) is 12.1. The Morgan fingerprint density at radius 2 is 1.71 bits per heavy atom. The van der Waals surface area contributed by atoms with Crippen LogP contribution in [0.5, 0.6) is 0 Å². The summed E-state index contributed by atoms with van der Waals surface area (Å²) >= 11 is 0. The van der Waals surface area contributed by atoms with Gasteiger partial charge in [0.15, 0.2) is 0 Å². The lowest BCUT2D eigenvalue weighted by Crippen LogP contribution is -2.45. The maximum Gasteiger partial charge on any atom is 0.0148 e. The third-order valence-corrected chi connectivity index (χ3v) is 4.99. The van der Waals surface area contributed by atoms with E-state index in [1.807, 2.05) is 0 Å². The molecule has 17 heavy (non-hydrogen) atoms. The highest BCUT2D eigenvalue weighted by atomic mass is 15.2. The molecule has 0 spiro atoms. The molecule has 2 saturated carbocycles. The first-order valence-electron chi connectivity index (χ1n) is 7.49. The average Bonchev–Trinajstić information content (AvgIpc) is 3.16. The Kier molecular flexibility index (Phi) is 4.14. The predicted octanol–water partition coefficient (Wildman–Crippen LogP) is 2.89. The van der Waals surface area contributed by atoms with Crippen molar-refractivity contribution in [3.8, 4) is 0 Å². The van der Waals surface area contributed by atoms with Gasteiger partial charge in [-0.15, -0.1) is 0 Å². The summed E-state index contributed by atoms with van der Waals surface area (Å²) in [6.45, 7) is 9.30. The largest absolute Gasteiger partial charge is 0.312 e. The van der Waals surface area contributed by atoms with E-state index in [0.717, 1.165) is 24.4 Å². The van der Waals surface area contributed by atoms with Crippen molar-refractivity contribution in [2.45, 2.75) is 64.5 Å². The molecule has 0 saturated heterocycles. The summed E-state index contributed by atoms with van der Waals surface area (Å²) in [5.74, 6) is 2.04. The van der Waals surface area contributed by atoms with Crippen molar-refractivity contribution in [1.82, 2.24) is 10.2 Å². The number of hydrogen-bond acceptors (Lipinski definition) is 2. The monoisotopic (exact) mass is 238 g/mol. The minimum atomic E-state index is 0.344. The van der Waals surface area contributed by atoms with Crippen molar-refractivity contribution in [2.24, 2.45) is 11.8 Å². The number of hydrogen-bond donors (Lipinski definition) is 1. The zero-order chi connectivity index (χ0) is 12.5. The highest BCUT2D eigenvalue weighted by Crippen LogP contribution is 2.44. The Hall–Kier alpha value is -0.0800. The van der Waals surface area contributed by atoms with Crippen molar-refractivity contribution in [3.05, 3.63) is 0 Å². The highest BCUT2D eigenvalue weighted by Gasteiger charge is 2.40. The van der Waals surface area contributed by atoms with Gasteiger partial charge < -0.3 is 5.32 Å². The third-order valence-electron chi connectivity index (χ3n) is 4.99. The second kappa shape index (κ2) is 5.27. The van der Waals surface area contributed by atoms with E-state index in [-0.39, 0.29) is 0 Å². The molecule has 0 aliphatic heterocycles. The van der Waals surface area contributed by atoms with Crippen molar-refractivity contribution in [1.29, 1.82) is 0 Å². The molecule has 100 valence electrons. The summed E-state index contributed by atoms with van der Waals surface area (Å²) in [6.07, 6.45) is 7.13. The lowest BCUT2D eigenvalue weighted by atomic mass is 10.00. The van der Waals surface area contributed by atoms with Gasteiger partial charge in [-0.05, 0) is 64.8 Å². The van der Waals surface area contributed by atoms with Gasteiger partial charge in [-0.1, -0.05) is 6.92 Å². The van der Waals surface area contributed by atoms with E-state index in [4.69, 9.17) is 0 Å². The van der Waals surface area contributed by atoms with Crippen molar-refractivity contribution in [2.75, 3.05) is 20.1 Å². The van der Waals surface area contributed by atoms with Crippen LogP contribution < -0.4 is 5.32 Å². The fraction of sp³-hybridized carbons (Fsp3) is 1.00. The summed E-state index contributed by atoms with van der Waals surface area (Å²) in [6, 6.07) is 0.855. The molecule has 0 atom stereocenters. The van der Waals surface area contributed by atoms with Crippen LogP contribution in [0, 0.1) is 11.8 Å². The van der Waals surface area contributed by atoms with Gasteiger partial charge in [-0.25, -0.2) is 0 Å². The minimum Gasteiger partial charge on any atom is -0.312 e. The van der Waals surface area contributed by atoms with E-state index in [1.165, 1.54) is 38.6 Å². The second-order valence-corrected chi connectivity index (χ2v) is 6.74. The Balaban J connectivity index is 1.67. The van der Waals surface area contributed by atoms with Crippen molar-refractivity contribution < 1.29 is 0 Å². The Bertz CT molecular complexity index is 229. The van der Waals surface area contributed by atoms with Crippen LogP contribution >= 0.6 is 0 Å². The van der Waals surface area contributed by atoms with E-state index < -0.39 is 0 Å². The normalized spacial score (nSPS) is 21.5. The van der Waals surface area contributed by atoms with Gasteiger partial charge in [-0.3, -0.25) is 4.90 Å². The quantitative estimate of drug-likeness (QED) is 0.699. The molecule has 1 N–H and O–H groups in total. The molecular formula is C15H30N2. The fourth-order valence-corrected chi connectivity index (χ4v) is 2.60. The van der Waals surface area contributed by atoms with Crippen LogP contribution in [0.25, 0.3) is 0 Å². The van der Waals surface area contributed by atoms with Crippen LogP contribution in [0.15, 0.2) is 0 Å². The molecule has 0 bridgehead atoms. The summed E-state index contributed by atoms with van der Waals surface area (Å²) in [4.78, 5) is 2.50. The van der Waals surface area contributed by atoms with Crippen molar-refractivity contribution >= 4 is 0 Å². The molecule has 0 aromatic carbocycles. The van der Waals surface area contributed by atoms with Crippen molar-refractivity contribution in [3.63, 3.8) is 0 Å². The first-order valence-corrected chi connectivity index (χ1v) is 7.49. The van der Waals surface area contributed by atoms with Gasteiger partial charge in [0.2, 0.25) is 0 Å². The van der Waals surface area contributed by atoms with Gasteiger partial charge in [0.05, 0.1) is 0 Å². The molecule has 0 unspecified atom stereocenters. The lowest BCUT2D eigenvalue weighted by molar-refractivity contribution is 0.149. The summed E-state index contributed by atoms with van der Waals surface area (Å²) in [5.41, 5.74) is 0.344. The Morgan fingerprint density at radius 1 is 1.18 bits per heavy atom. The fourth-order valence-electron chi connectivity index (χ4n) is 2.60. The molecule has 0 amide bonds. The smallest absolute Gasteiger partial charge is 0.0148 e. The molecular weight excluding hydrogens is 208 g/mol. The van der Waals surface area contributed by atoms with E-state index in [1.54, 1.807) is 0 Å². The number of likely N-dealkylation sites (N-methyl/N-ethyl adjacent to an activating group) is 1. The van der Waals surface area contributed by atoms with E-state index >= 15 is 0 Å². The Morgan fingerprint density at radius 3 is 2.12 bits per heavy atom. The highest BCUT2D eigenvalue weighted by molar-refractivity contribution is 4.96. The number of nitrogens with zero attached hydrogens (tertiary/aromatic N) is 1. The van der Waals surface area contributed by atoms with Gasteiger partial charge in [-0.2, -0.15) is 0 Å². The SMILES string of the molecule is CCC(C)(C)N(C)CCNC(C1CC1)C1CC1. The van der Waals surface area contributed by atoms with E-state index in [2.05, 4.69) is 38.0 Å². The predicted molar refractivity (Wildman–Crippen MR) is 74.2 cm³/mol. The molecule has 2 heteroatoms. The summed E-state index contributed by atoms with van der Waals surface area (Å²) < 4.78 is 0. The number of nitrogens with one attached hydrogen (secondary N) is 1. The minimum absolute atomic E-state index is 0.344. The van der Waals surface area contributed by atoms with Crippen LogP contribution in [-0.2, 0) is 0 Å². The summed E-state index contributed by atoms with van der Waals surface area (Å²) in [5, 5.41) is 3.83.